The fourth-order valence-electron chi connectivity index (χ4n) is 4.92. The molecule has 170 valence electrons. The molecule has 0 aromatic heterocycles. The maximum atomic E-state index is 12.6. The second-order valence-corrected chi connectivity index (χ2v) is 9.34. The Bertz CT molecular complexity index is 906. The molecule has 4 rings (SSSR count). The number of piperidine rings is 1. The van der Waals surface area contributed by atoms with Gasteiger partial charge in [-0.1, -0.05) is 36.4 Å². The Balaban J connectivity index is 1.20. The number of ketones is 1. The fraction of sp³-hybridized carbons (Fsp3) is 0.481. The molecule has 2 N–H and O–H groups in total. The van der Waals surface area contributed by atoms with Gasteiger partial charge in [-0.05, 0) is 74.1 Å². The molecule has 1 fully saturated rings. The molecule has 1 atom stereocenters. The number of Topliss-reactive ketones (excluding diaryl/α,β-unsaturated/α-hetero) is 1. The standard InChI is InChI=1S/C27H33NO4/c29-24(10-5-19-17-22-3-1-2-4-23(22)18-19)11-12-26(31)20-6-8-21(9-7-20)27(32)28-15-13-25(30)14-16-28/h1-4,6-9,19,24-25,29-30H,5,10-18H2/t24-/m0/s1. The molecule has 5 nitrogen and oxygen atoms in total. The minimum absolute atomic E-state index is 0.00239. The van der Waals surface area contributed by atoms with Crippen molar-refractivity contribution in [1.82, 2.24) is 4.90 Å². The number of hydrogen-bond donors (Lipinski definition) is 2. The van der Waals surface area contributed by atoms with Crippen LogP contribution in [0.25, 0.3) is 0 Å². The summed E-state index contributed by atoms with van der Waals surface area (Å²) in [6.07, 6.45) is 5.10. The number of fused-ring (bicyclic) bond motifs is 1. The largest absolute Gasteiger partial charge is 0.393 e. The molecule has 2 aliphatic rings. The van der Waals surface area contributed by atoms with E-state index in [1.54, 1.807) is 29.2 Å². The Morgan fingerprint density at radius 1 is 0.906 bits per heavy atom. The van der Waals surface area contributed by atoms with Crippen molar-refractivity contribution in [3.63, 3.8) is 0 Å². The van der Waals surface area contributed by atoms with Gasteiger partial charge in [0.15, 0.2) is 5.78 Å². The summed E-state index contributed by atoms with van der Waals surface area (Å²) in [5.41, 5.74) is 4.01. The smallest absolute Gasteiger partial charge is 0.253 e. The summed E-state index contributed by atoms with van der Waals surface area (Å²) >= 11 is 0. The molecule has 2 aromatic carbocycles. The Morgan fingerprint density at radius 2 is 1.50 bits per heavy atom. The lowest BCUT2D eigenvalue weighted by Gasteiger charge is -2.29. The minimum Gasteiger partial charge on any atom is -0.393 e. The highest BCUT2D eigenvalue weighted by Gasteiger charge is 2.23. The molecule has 1 saturated heterocycles. The van der Waals surface area contributed by atoms with Crippen molar-refractivity contribution in [3.8, 4) is 0 Å². The fourth-order valence-corrected chi connectivity index (χ4v) is 4.92. The van der Waals surface area contributed by atoms with Gasteiger partial charge in [0, 0.05) is 30.6 Å². The lowest BCUT2D eigenvalue weighted by molar-refractivity contribution is 0.0546. The maximum Gasteiger partial charge on any atom is 0.253 e. The molecular formula is C27H33NO4. The highest BCUT2D eigenvalue weighted by molar-refractivity contribution is 5.98. The molecule has 5 heteroatoms. The summed E-state index contributed by atoms with van der Waals surface area (Å²) in [5, 5.41) is 20.0. The average molecular weight is 436 g/mol. The van der Waals surface area contributed by atoms with Gasteiger partial charge < -0.3 is 15.1 Å². The number of amides is 1. The number of aliphatic hydroxyl groups is 2. The number of aliphatic hydroxyl groups excluding tert-OH is 2. The normalized spacial score (nSPS) is 17.9. The van der Waals surface area contributed by atoms with Gasteiger partial charge in [-0.25, -0.2) is 0 Å². The van der Waals surface area contributed by atoms with Crippen molar-refractivity contribution >= 4 is 11.7 Å². The van der Waals surface area contributed by atoms with E-state index < -0.39 is 6.10 Å². The van der Waals surface area contributed by atoms with Gasteiger partial charge in [-0.2, -0.15) is 0 Å². The third-order valence-electron chi connectivity index (χ3n) is 6.95. The number of benzene rings is 2. The summed E-state index contributed by atoms with van der Waals surface area (Å²) in [4.78, 5) is 26.9. The van der Waals surface area contributed by atoms with E-state index in [4.69, 9.17) is 0 Å². The number of likely N-dealkylation sites (tertiary alicyclic amines) is 1. The van der Waals surface area contributed by atoms with Crippen LogP contribution in [0.1, 0.15) is 70.4 Å². The van der Waals surface area contributed by atoms with E-state index >= 15 is 0 Å². The first-order chi connectivity index (χ1) is 15.5. The molecular weight excluding hydrogens is 402 g/mol. The van der Waals surface area contributed by atoms with Crippen LogP contribution in [-0.2, 0) is 12.8 Å². The van der Waals surface area contributed by atoms with Gasteiger partial charge in [0.05, 0.1) is 12.2 Å². The Labute approximate surface area is 190 Å². The van der Waals surface area contributed by atoms with Crippen LogP contribution in [0, 0.1) is 5.92 Å². The van der Waals surface area contributed by atoms with E-state index in [9.17, 15) is 19.8 Å². The van der Waals surface area contributed by atoms with Crippen molar-refractivity contribution in [3.05, 3.63) is 70.8 Å². The first kappa shape index (κ1) is 22.7. The van der Waals surface area contributed by atoms with Crippen LogP contribution >= 0.6 is 0 Å². The molecule has 0 saturated carbocycles. The second-order valence-electron chi connectivity index (χ2n) is 9.34. The van der Waals surface area contributed by atoms with Crippen molar-refractivity contribution < 1.29 is 19.8 Å². The minimum atomic E-state index is -0.460. The van der Waals surface area contributed by atoms with Crippen LogP contribution in [0.15, 0.2) is 48.5 Å². The van der Waals surface area contributed by atoms with Gasteiger partial charge in [-0.15, -0.1) is 0 Å². The highest BCUT2D eigenvalue weighted by atomic mass is 16.3. The van der Waals surface area contributed by atoms with Crippen LogP contribution in [0.5, 0.6) is 0 Å². The van der Waals surface area contributed by atoms with Crippen LogP contribution in [0.2, 0.25) is 0 Å². The summed E-state index contributed by atoms with van der Waals surface area (Å²) < 4.78 is 0. The van der Waals surface area contributed by atoms with Crippen molar-refractivity contribution in [1.29, 1.82) is 0 Å². The molecule has 32 heavy (non-hydrogen) atoms. The van der Waals surface area contributed by atoms with Crippen molar-refractivity contribution in [2.75, 3.05) is 13.1 Å². The molecule has 1 aliphatic heterocycles. The van der Waals surface area contributed by atoms with E-state index in [2.05, 4.69) is 24.3 Å². The number of hydrogen-bond acceptors (Lipinski definition) is 4. The van der Waals surface area contributed by atoms with Crippen LogP contribution in [0.3, 0.4) is 0 Å². The summed E-state index contributed by atoms with van der Waals surface area (Å²) in [6.45, 7) is 1.12. The first-order valence-corrected chi connectivity index (χ1v) is 11.8. The van der Waals surface area contributed by atoms with Gasteiger partial charge in [0.2, 0.25) is 0 Å². The Hall–Kier alpha value is -2.50. The zero-order chi connectivity index (χ0) is 22.5. The Kier molecular flexibility index (Phi) is 7.38. The highest BCUT2D eigenvalue weighted by Crippen LogP contribution is 2.30. The lowest BCUT2D eigenvalue weighted by Crippen LogP contribution is -2.40. The maximum absolute atomic E-state index is 12.6. The van der Waals surface area contributed by atoms with Crippen molar-refractivity contribution in [2.45, 2.75) is 63.6 Å². The van der Waals surface area contributed by atoms with Gasteiger partial charge in [-0.3, -0.25) is 9.59 Å². The summed E-state index contributed by atoms with van der Waals surface area (Å²) in [6, 6.07) is 15.4. The Morgan fingerprint density at radius 3 is 2.12 bits per heavy atom. The number of carbonyl (C=O) groups is 2. The van der Waals surface area contributed by atoms with Crippen molar-refractivity contribution in [2.24, 2.45) is 5.92 Å². The molecule has 0 spiro atoms. The summed E-state index contributed by atoms with van der Waals surface area (Å²) in [7, 11) is 0. The molecule has 1 aliphatic carbocycles. The molecule has 0 radical (unpaired) electrons. The van der Waals surface area contributed by atoms with Crippen LogP contribution < -0.4 is 0 Å². The van der Waals surface area contributed by atoms with E-state index in [-0.39, 0.29) is 17.8 Å². The van der Waals surface area contributed by atoms with Crippen LogP contribution in [-0.4, -0.2) is 52.1 Å². The summed E-state index contributed by atoms with van der Waals surface area (Å²) in [5.74, 6) is 0.531. The topological polar surface area (TPSA) is 77.8 Å². The molecule has 0 bridgehead atoms. The van der Waals surface area contributed by atoms with Crippen LogP contribution in [0.4, 0.5) is 0 Å². The number of carbonyl (C=O) groups excluding carboxylic acids is 2. The third-order valence-corrected chi connectivity index (χ3v) is 6.95. The zero-order valence-electron chi connectivity index (χ0n) is 18.6. The predicted octanol–water partition coefficient (Wildman–Crippen LogP) is 3.80. The van der Waals surface area contributed by atoms with E-state index in [1.807, 2.05) is 0 Å². The van der Waals surface area contributed by atoms with E-state index in [0.29, 0.717) is 55.8 Å². The van der Waals surface area contributed by atoms with E-state index in [0.717, 1.165) is 25.7 Å². The molecule has 2 aromatic rings. The third kappa shape index (κ3) is 5.64. The molecule has 1 amide bonds. The number of rotatable bonds is 8. The lowest BCUT2D eigenvalue weighted by atomic mass is 9.95. The van der Waals surface area contributed by atoms with Gasteiger partial charge in [0.1, 0.15) is 0 Å². The second kappa shape index (κ2) is 10.4. The SMILES string of the molecule is O=C(CC[C@@H](O)CCC1Cc2ccccc2C1)c1ccc(C(=O)N2CCC(O)CC2)cc1. The first-order valence-electron chi connectivity index (χ1n) is 11.8. The predicted molar refractivity (Wildman–Crippen MR) is 124 cm³/mol. The van der Waals surface area contributed by atoms with E-state index in [1.165, 1.54) is 11.1 Å². The molecule has 1 heterocycles. The van der Waals surface area contributed by atoms with Gasteiger partial charge in [0.25, 0.3) is 5.91 Å². The number of nitrogens with zero attached hydrogens (tertiary/aromatic N) is 1. The average Bonchev–Trinajstić information content (AvgIpc) is 3.24. The molecule has 0 unspecified atom stereocenters. The van der Waals surface area contributed by atoms with Gasteiger partial charge >= 0.3 is 0 Å². The zero-order valence-corrected chi connectivity index (χ0v) is 18.6. The monoisotopic (exact) mass is 435 g/mol. The quantitative estimate of drug-likeness (QED) is 0.618.